The summed E-state index contributed by atoms with van der Waals surface area (Å²) in [7, 11) is 1.79. The van der Waals surface area contributed by atoms with Gasteiger partial charge in [0, 0.05) is 42.7 Å². The number of aromatic nitrogens is 4. The van der Waals surface area contributed by atoms with Crippen molar-refractivity contribution in [3.05, 3.63) is 119 Å². The Morgan fingerprint density at radius 1 is 0.708 bits per heavy atom. The lowest BCUT2D eigenvalue weighted by atomic mass is 10.2. The molecule has 2 aromatic heterocycles. The number of nitrogens with one attached hydrogen (secondary N) is 5. The Hall–Kier alpha value is -4.68. The van der Waals surface area contributed by atoms with E-state index in [1.807, 2.05) is 0 Å². The van der Waals surface area contributed by atoms with Crippen molar-refractivity contribution in [3.8, 4) is 0 Å². The van der Waals surface area contributed by atoms with Crippen molar-refractivity contribution in [1.82, 2.24) is 34.7 Å². The van der Waals surface area contributed by atoms with Crippen LogP contribution in [-0.4, -0.2) is 37.8 Å². The van der Waals surface area contributed by atoms with E-state index in [-0.39, 0.29) is 36.4 Å². The second-order valence-electron chi connectivity index (χ2n) is 9.40. The second-order valence-corrected chi connectivity index (χ2v) is 11.2. The Morgan fingerprint density at radius 3 is 1.54 bits per heavy atom. The van der Waals surface area contributed by atoms with Crippen molar-refractivity contribution in [2.45, 2.75) is 32.1 Å². The van der Waals surface area contributed by atoms with E-state index in [1.54, 1.807) is 43.4 Å². The molecular weight excluding hydrogens is 689 g/mol. The summed E-state index contributed by atoms with van der Waals surface area (Å²) in [5.41, 5.74) is 7.44. The van der Waals surface area contributed by atoms with Crippen LogP contribution in [0.25, 0.3) is 0 Å². The number of alkyl halides is 1. The molecule has 0 bridgehead atoms. The molecule has 5 aromatic rings. The van der Waals surface area contributed by atoms with Gasteiger partial charge in [-0.15, -0.1) is 11.6 Å². The number of amides is 4. The van der Waals surface area contributed by atoms with E-state index in [1.165, 1.54) is 36.4 Å². The smallest absolute Gasteiger partial charge is 0.321 e. The molecule has 5 rings (SSSR count). The molecule has 3 aromatic carbocycles. The van der Waals surface area contributed by atoms with E-state index in [0.717, 1.165) is 28.6 Å². The minimum absolute atomic E-state index is 0.198. The molecule has 0 aliphatic heterocycles. The maximum absolute atomic E-state index is 13.0. The molecular formula is C30H32ClF3N10O2S2. The predicted octanol–water partition coefficient (Wildman–Crippen LogP) is 5.74. The summed E-state index contributed by atoms with van der Waals surface area (Å²) in [4.78, 5) is 31.3. The minimum Gasteiger partial charge on any atom is -0.334 e. The number of nitrogens with two attached hydrogens (primary N) is 1. The summed E-state index contributed by atoms with van der Waals surface area (Å²) >= 11 is 7.71. The van der Waals surface area contributed by atoms with Crippen LogP contribution in [0.15, 0.2) is 72.8 Å². The van der Waals surface area contributed by atoms with E-state index in [9.17, 15) is 22.8 Å². The number of carbonyl (C=O) groups is 2. The van der Waals surface area contributed by atoms with Crippen molar-refractivity contribution in [3.63, 3.8) is 0 Å². The maximum Gasteiger partial charge on any atom is 0.321 e. The zero-order valence-electron chi connectivity index (χ0n) is 25.5. The van der Waals surface area contributed by atoms with Crippen molar-refractivity contribution in [2.75, 3.05) is 17.7 Å². The number of hydrogen-bond donors (Lipinski definition) is 6. The Balaban J connectivity index is 0.000000209. The van der Waals surface area contributed by atoms with Gasteiger partial charge in [-0.3, -0.25) is 10.6 Å². The van der Waals surface area contributed by atoms with Crippen LogP contribution in [0, 0.1) is 17.5 Å². The molecule has 4 amide bonds. The monoisotopic (exact) mass is 720 g/mol. The molecule has 0 aliphatic carbocycles. The standard InChI is InChI=1S/C12H14FN5OS.C11H10ClFN4OS.C7H8FN/c1-14-7-10-16-12(20-18-10)17-11(19)15-6-8-3-2-4-9(13)5-8;12-5-9-15-11(19-17-9)16-10(18)14-6-7-2-1-3-8(13)4-7;8-7-3-1-2-6(4-7)5-9/h2-5,14H,6-7H2,1H3,(H2,15,16,17,18,19);1-4H,5-6H2,(H2,14,15,16,17,18);1-4H,5,9H2. The molecule has 0 radical (unpaired) electrons. The van der Waals surface area contributed by atoms with Gasteiger partial charge in [0.2, 0.25) is 10.3 Å². The summed E-state index contributed by atoms with van der Waals surface area (Å²) in [5.74, 6) is 0.396. The highest BCUT2D eigenvalue weighted by atomic mass is 35.5. The van der Waals surface area contributed by atoms with Gasteiger partial charge in [0.05, 0.1) is 12.4 Å². The highest BCUT2D eigenvalue weighted by Crippen LogP contribution is 2.13. The molecule has 7 N–H and O–H groups in total. The van der Waals surface area contributed by atoms with Crippen LogP contribution in [0.5, 0.6) is 0 Å². The third-order valence-electron chi connectivity index (χ3n) is 5.64. The SMILES string of the molecule is CNCc1nsc(NC(=O)NCc2cccc(F)c2)n1.NCc1cccc(F)c1.O=C(NCc1cccc(F)c1)Nc1nc(CCl)ns1. The lowest BCUT2D eigenvalue weighted by Gasteiger charge is -2.05. The number of rotatable bonds is 10. The number of carbonyl (C=O) groups excluding carboxylic acids is 2. The van der Waals surface area contributed by atoms with Crippen LogP contribution in [0.2, 0.25) is 0 Å². The van der Waals surface area contributed by atoms with Gasteiger partial charge in [0.1, 0.15) is 17.5 Å². The molecule has 0 aliphatic rings. The Labute approximate surface area is 287 Å². The average Bonchev–Trinajstić information content (AvgIpc) is 3.72. The number of urea groups is 2. The lowest BCUT2D eigenvalue weighted by molar-refractivity contribution is 0.251. The minimum atomic E-state index is -0.429. The lowest BCUT2D eigenvalue weighted by Crippen LogP contribution is -2.28. The summed E-state index contributed by atoms with van der Waals surface area (Å²) in [6.45, 7) is 1.41. The molecule has 0 fully saturated rings. The molecule has 0 atom stereocenters. The average molecular weight is 721 g/mol. The van der Waals surface area contributed by atoms with Crippen LogP contribution in [0.1, 0.15) is 28.3 Å². The van der Waals surface area contributed by atoms with E-state index >= 15 is 0 Å². The molecule has 18 heteroatoms. The van der Waals surface area contributed by atoms with Crippen molar-refractivity contribution < 1.29 is 22.8 Å². The molecule has 48 heavy (non-hydrogen) atoms. The first-order chi connectivity index (χ1) is 23.2. The van der Waals surface area contributed by atoms with Crippen LogP contribution >= 0.6 is 34.7 Å². The topological polar surface area (TPSA) is 172 Å². The summed E-state index contributed by atoms with van der Waals surface area (Å²) in [5, 5.41) is 14.0. The molecule has 2 heterocycles. The zero-order chi connectivity index (χ0) is 34.7. The summed E-state index contributed by atoms with van der Waals surface area (Å²) in [6, 6.07) is 17.5. The number of hydrogen-bond acceptors (Lipinski definition) is 10. The third-order valence-corrected chi connectivity index (χ3v) is 7.22. The van der Waals surface area contributed by atoms with Gasteiger partial charge in [-0.2, -0.15) is 8.75 Å². The molecule has 12 nitrogen and oxygen atoms in total. The Bertz CT molecular complexity index is 1740. The van der Waals surface area contributed by atoms with Crippen LogP contribution in [0.3, 0.4) is 0 Å². The third kappa shape index (κ3) is 14.4. The highest BCUT2D eigenvalue weighted by molar-refractivity contribution is 7.10. The first-order valence-electron chi connectivity index (χ1n) is 14.1. The number of nitrogens with zero attached hydrogens (tertiary/aromatic N) is 4. The fraction of sp³-hybridized carbons (Fsp3) is 0.200. The van der Waals surface area contributed by atoms with Gasteiger partial charge in [0.25, 0.3) is 0 Å². The number of benzene rings is 3. The zero-order valence-corrected chi connectivity index (χ0v) is 27.9. The Kier molecular flexibility index (Phi) is 16.2. The first kappa shape index (κ1) is 37.8. The van der Waals surface area contributed by atoms with Gasteiger partial charge in [-0.25, -0.2) is 32.7 Å². The van der Waals surface area contributed by atoms with E-state index < -0.39 is 12.1 Å². The first-order valence-corrected chi connectivity index (χ1v) is 16.1. The largest absolute Gasteiger partial charge is 0.334 e. The van der Waals surface area contributed by atoms with Crippen molar-refractivity contribution >= 4 is 57.0 Å². The number of halogens is 4. The van der Waals surface area contributed by atoms with Crippen LogP contribution in [-0.2, 0) is 32.1 Å². The Morgan fingerprint density at radius 2 is 1.15 bits per heavy atom. The molecule has 254 valence electrons. The van der Waals surface area contributed by atoms with Crippen LogP contribution in [0.4, 0.5) is 33.0 Å². The van der Waals surface area contributed by atoms with Gasteiger partial charge >= 0.3 is 12.1 Å². The van der Waals surface area contributed by atoms with Crippen molar-refractivity contribution in [1.29, 1.82) is 0 Å². The van der Waals surface area contributed by atoms with Gasteiger partial charge in [-0.05, 0) is 60.1 Å². The molecule has 0 saturated heterocycles. The van der Waals surface area contributed by atoms with Gasteiger partial charge in [0.15, 0.2) is 11.6 Å². The van der Waals surface area contributed by atoms with E-state index in [0.29, 0.717) is 46.1 Å². The molecule has 0 unspecified atom stereocenters. The highest BCUT2D eigenvalue weighted by Gasteiger charge is 2.08. The number of anilines is 2. The van der Waals surface area contributed by atoms with E-state index in [2.05, 4.69) is 45.3 Å². The van der Waals surface area contributed by atoms with Crippen LogP contribution < -0.4 is 32.3 Å². The van der Waals surface area contributed by atoms with Crippen molar-refractivity contribution in [2.24, 2.45) is 5.73 Å². The quantitative estimate of drug-likeness (QED) is 0.0992. The van der Waals surface area contributed by atoms with Gasteiger partial charge < -0.3 is 21.7 Å². The maximum atomic E-state index is 13.0. The fourth-order valence-corrected chi connectivity index (χ4v) is 4.85. The summed E-state index contributed by atoms with van der Waals surface area (Å²) < 4.78 is 46.2. The molecule has 0 spiro atoms. The second kappa shape index (κ2) is 20.5. The van der Waals surface area contributed by atoms with E-state index in [4.69, 9.17) is 17.3 Å². The fourth-order valence-electron chi connectivity index (χ4n) is 3.50. The summed E-state index contributed by atoms with van der Waals surface area (Å²) in [6.07, 6.45) is 0. The molecule has 0 saturated carbocycles. The normalized spacial score (nSPS) is 10.1. The predicted molar refractivity (Wildman–Crippen MR) is 181 cm³/mol. The van der Waals surface area contributed by atoms with Gasteiger partial charge in [-0.1, -0.05) is 36.4 Å².